The fourth-order valence-electron chi connectivity index (χ4n) is 2.68. The van der Waals surface area contributed by atoms with Crippen molar-refractivity contribution < 1.29 is 0 Å². The molecule has 2 fully saturated rings. The molecule has 0 radical (unpaired) electrons. The molecule has 2 heterocycles. The number of thioether (sulfide) groups is 1. The molecule has 0 aromatic rings. The molecule has 0 aliphatic carbocycles. The van der Waals surface area contributed by atoms with Gasteiger partial charge in [-0.15, -0.1) is 0 Å². The highest BCUT2D eigenvalue weighted by atomic mass is 32.2. The molecule has 0 spiro atoms. The van der Waals surface area contributed by atoms with E-state index >= 15 is 0 Å². The minimum absolute atomic E-state index is 0.749. The average molecular weight is 228 g/mol. The van der Waals surface area contributed by atoms with Crippen molar-refractivity contribution in [2.45, 2.75) is 38.8 Å². The summed E-state index contributed by atoms with van der Waals surface area (Å²) in [5.74, 6) is 3.57. The lowest BCUT2D eigenvalue weighted by atomic mass is 9.94. The Morgan fingerprint density at radius 2 is 2.27 bits per heavy atom. The van der Waals surface area contributed by atoms with Gasteiger partial charge in [0.05, 0.1) is 0 Å². The lowest BCUT2D eigenvalue weighted by Crippen LogP contribution is -2.50. The van der Waals surface area contributed by atoms with Crippen molar-refractivity contribution in [2.24, 2.45) is 5.92 Å². The van der Waals surface area contributed by atoms with Crippen LogP contribution >= 0.6 is 11.8 Å². The zero-order valence-corrected chi connectivity index (χ0v) is 10.9. The zero-order chi connectivity index (χ0) is 10.7. The van der Waals surface area contributed by atoms with Crippen LogP contribution in [-0.2, 0) is 0 Å². The zero-order valence-electron chi connectivity index (χ0n) is 10.0. The minimum Gasteiger partial charge on any atom is -0.313 e. The predicted octanol–water partition coefficient (Wildman–Crippen LogP) is 1.81. The van der Waals surface area contributed by atoms with Crippen molar-refractivity contribution >= 4 is 11.8 Å². The van der Waals surface area contributed by atoms with Gasteiger partial charge in [-0.3, -0.25) is 4.90 Å². The SMILES string of the molecule is CC1CCNC(CN2CCSCC2C)C1. The Morgan fingerprint density at radius 3 is 3.00 bits per heavy atom. The fraction of sp³-hybridized carbons (Fsp3) is 1.00. The largest absolute Gasteiger partial charge is 0.313 e. The third-order valence-corrected chi connectivity index (χ3v) is 4.91. The van der Waals surface area contributed by atoms with Crippen LogP contribution in [0.4, 0.5) is 0 Å². The van der Waals surface area contributed by atoms with Crippen molar-refractivity contribution in [2.75, 3.05) is 31.1 Å². The molecule has 2 nitrogen and oxygen atoms in total. The fourth-order valence-corrected chi connectivity index (χ4v) is 3.76. The Hall–Kier alpha value is 0.270. The minimum atomic E-state index is 0.749. The normalized spacial score (nSPS) is 39.2. The van der Waals surface area contributed by atoms with Gasteiger partial charge in [0.25, 0.3) is 0 Å². The summed E-state index contributed by atoms with van der Waals surface area (Å²) in [5, 5.41) is 3.67. The monoisotopic (exact) mass is 228 g/mol. The molecule has 0 bridgehead atoms. The maximum atomic E-state index is 3.67. The predicted molar refractivity (Wildman–Crippen MR) is 68.5 cm³/mol. The molecule has 0 amide bonds. The highest BCUT2D eigenvalue weighted by Crippen LogP contribution is 2.20. The number of nitrogens with one attached hydrogen (secondary N) is 1. The van der Waals surface area contributed by atoms with Gasteiger partial charge < -0.3 is 5.32 Å². The second-order valence-electron chi connectivity index (χ2n) is 5.20. The van der Waals surface area contributed by atoms with Crippen LogP contribution in [-0.4, -0.2) is 48.1 Å². The summed E-state index contributed by atoms with van der Waals surface area (Å²) in [6, 6.07) is 1.53. The highest BCUT2D eigenvalue weighted by molar-refractivity contribution is 7.99. The quantitative estimate of drug-likeness (QED) is 0.776. The number of hydrogen-bond donors (Lipinski definition) is 1. The first-order valence-corrected chi connectivity index (χ1v) is 7.46. The average Bonchev–Trinajstić information content (AvgIpc) is 2.22. The van der Waals surface area contributed by atoms with E-state index < -0.39 is 0 Å². The highest BCUT2D eigenvalue weighted by Gasteiger charge is 2.24. The van der Waals surface area contributed by atoms with Crippen LogP contribution in [0.25, 0.3) is 0 Å². The summed E-state index contributed by atoms with van der Waals surface area (Å²) >= 11 is 2.11. The molecule has 2 aliphatic heterocycles. The summed E-state index contributed by atoms with van der Waals surface area (Å²) in [7, 11) is 0. The van der Waals surface area contributed by atoms with Gasteiger partial charge in [0.1, 0.15) is 0 Å². The van der Waals surface area contributed by atoms with Gasteiger partial charge in [0.2, 0.25) is 0 Å². The third kappa shape index (κ3) is 3.36. The lowest BCUT2D eigenvalue weighted by Gasteiger charge is -2.38. The second-order valence-corrected chi connectivity index (χ2v) is 6.35. The molecule has 2 saturated heterocycles. The topological polar surface area (TPSA) is 15.3 Å². The molecule has 3 unspecified atom stereocenters. The molecule has 1 N–H and O–H groups in total. The maximum absolute atomic E-state index is 3.67. The van der Waals surface area contributed by atoms with Crippen LogP contribution in [0.15, 0.2) is 0 Å². The molecule has 0 aromatic heterocycles. The Bertz CT molecular complexity index is 198. The van der Waals surface area contributed by atoms with Gasteiger partial charge in [-0.1, -0.05) is 6.92 Å². The van der Waals surface area contributed by atoms with Crippen LogP contribution in [0.1, 0.15) is 26.7 Å². The van der Waals surface area contributed by atoms with Crippen molar-refractivity contribution in [3.05, 3.63) is 0 Å². The van der Waals surface area contributed by atoms with Crippen LogP contribution < -0.4 is 5.32 Å². The number of nitrogens with zero attached hydrogens (tertiary/aromatic N) is 1. The molecule has 15 heavy (non-hydrogen) atoms. The Labute approximate surface area is 98.2 Å². The van der Waals surface area contributed by atoms with Crippen LogP contribution in [0.2, 0.25) is 0 Å². The summed E-state index contributed by atoms with van der Waals surface area (Å²) < 4.78 is 0. The molecular formula is C12H24N2S. The summed E-state index contributed by atoms with van der Waals surface area (Å²) in [5.41, 5.74) is 0. The molecule has 2 rings (SSSR count). The van der Waals surface area contributed by atoms with Crippen LogP contribution in [0.5, 0.6) is 0 Å². The van der Waals surface area contributed by atoms with E-state index in [1.165, 1.54) is 44.0 Å². The van der Waals surface area contributed by atoms with Gasteiger partial charge in [-0.05, 0) is 32.2 Å². The molecule has 2 aliphatic rings. The first-order valence-electron chi connectivity index (χ1n) is 6.31. The lowest BCUT2D eigenvalue weighted by molar-refractivity contribution is 0.180. The first kappa shape index (κ1) is 11.7. The molecule has 3 heteroatoms. The van der Waals surface area contributed by atoms with E-state index in [1.54, 1.807) is 0 Å². The van der Waals surface area contributed by atoms with Gasteiger partial charge in [-0.2, -0.15) is 11.8 Å². The summed E-state index contributed by atoms with van der Waals surface area (Å²) in [6.45, 7) is 8.55. The summed E-state index contributed by atoms with van der Waals surface area (Å²) in [6.07, 6.45) is 2.73. The van der Waals surface area contributed by atoms with E-state index in [4.69, 9.17) is 0 Å². The number of piperidine rings is 1. The van der Waals surface area contributed by atoms with Crippen molar-refractivity contribution in [3.63, 3.8) is 0 Å². The van der Waals surface area contributed by atoms with E-state index in [0.29, 0.717) is 0 Å². The number of rotatable bonds is 2. The third-order valence-electron chi connectivity index (χ3n) is 3.72. The van der Waals surface area contributed by atoms with Crippen molar-refractivity contribution in [1.29, 1.82) is 0 Å². The van der Waals surface area contributed by atoms with Gasteiger partial charge >= 0.3 is 0 Å². The van der Waals surface area contributed by atoms with E-state index in [9.17, 15) is 0 Å². The van der Waals surface area contributed by atoms with Gasteiger partial charge in [0.15, 0.2) is 0 Å². The number of hydrogen-bond acceptors (Lipinski definition) is 3. The summed E-state index contributed by atoms with van der Waals surface area (Å²) in [4.78, 5) is 2.67. The molecule has 3 atom stereocenters. The smallest absolute Gasteiger partial charge is 0.0197 e. The molecular weight excluding hydrogens is 204 g/mol. The van der Waals surface area contributed by atoms with Crippen molar-refractivity contribution in [3.8, 4) is 0 Å². The van der Waals surface area contributed by atoms with Crippen molar-refractivity contribution in [1.82, 2.24) is 10.2 Å². The van der Waals surface area contributed by atoms with Gasteiger partial charge in [-0.25, -0.2) is 0 Å². The molecule has 0 aromatic carbocycles. The Kier molecular flexibility index (Phi) is 4.35. The molecule has 88 valence electrons. The Morgan fingerprint density at radius 1 is 1.40 bits per heavy atom. The van der Waals surface area contributed by atoms with Gasteiger partial charge in [0, 0.05) is 36.7 Å². The molecule has 0 saturated carbocycles. The maximum Gasteiger partial charge on any atom is 0.0197 e. The van der Waals surface area contributed by atoms with E-state index in [0.717, 1.165) is 18.0 Å². The standard InChI is InChI=1S/C12H24N2S/c1-10-3-4-13-12(7-10)8-14-5-6-15-9-11(14)2/h10-13H,3-9H2,1-2H3. The first-order chi connectivity index (χ1) is 7.25. The van der Waals surface area contributed by atoms with Crippen LogP contribution in [0.3, 0.4) is 0 Å². The van der Waals surface area contributed by atoms with Crippen LogP contribution in [0, 0.1) is 5.92 Å². The van der Waals surface area contributed by atoms with E-state index in [2.05, 4.69) is 35.8 Å². The van der Waals surface area contributed by atoms with E-state index in [-0.39, 0.29) is 0 Å². The second kappa shape index (κ2) is 5.55. The van der Waals surface area contributed by atoms with E-state index in [1.807, 2.05) is 0 Å². The Balaban J connectivity index is 1.79.